The van der Waals surface area contributed by atoms with E-state index < -0.39 is 23.5 Å². The molecule has 30 heavy (non-hydrogen) atoms. The molecule has 1 amide bonds. The molecular formula is C24H19FN2O3. The Morgan fingerprint density at radius 1 is 1.07 bits per heavy atom. The second-order valence-electron chi connectivity index (χ2n) is 7.25. The van der Waals surface area contributed by atoms with Crippen LogP contribution in [0.4, 0.5) is 10.1 Å². The molecule has 0 radical (unpaired) electrons. The summed E-state index contributed by atoms with van der Waals surface area (Å²) in [6, 6.07) is 13.4. The molecule has 2 aromatic carbocycles. The highest BCUT2D eigenvalue weighted by atomic mass is 19.1. The topological polar surface area (TPSA) is 70.5 Å². The van der Waals surface area contributed by atoms with Gasteiger partial charge in [-0.15, -0.1) is 0 Å². The molecule has 150 valence electrons. The molecule has 0 spiro atoms. The molecule has 0 saturated carbocycles. The normalized spacial score (nSPS) is 18.1. The largest absolute Gasteiger partial charge is 0.507 e. The Morgan fingerprint density at radius 2 is 1.80 bits per heavy atom. The molecule has 1 fully saturated rings. The van der Waals surface area contributed by atoms with Crippen LogP contribution in [0.2, 0.25) is 0 Å². The fourth-order valence-corrected chi connectivity index (χ4v) is 3.68. The van der Waals surface area contributed by atoms with Gasteiger partial charge in [0.15, 0.2) is 0 Å². The Labute approximate surface area is 173 Å². The number of aromatic nitrogens is 1. The van der Waals surface area contributed by atoms with Gasteiger partial charge < -0.3 is 5.11 Å². The minimum atomic E-state index is -0.857. The number of amides is 1. The van der Waals surface area contributed by atoms with Gasteiger partial charge in [-0.05, 0) is 66.9 Å². The number of aliphatic hydroxyl groups is 1. The zero-order valence-corrected chi connectivity index (χ0v) is 16.5. The van der Waals surface area contributed by atoms with E-state index in [2.05, 4.69) is 4.98 Å². The van der Waals surface area contributed by atoms with Gasteiger partial charge in [0, 0.05) is 23.6 Å². The van der Waals surface area contributed by atoms with Crippen molar-refractivity contribution in [1.82, 2.24) is 4.98 Å². The number of aryl methyl sites for hydroxylation is 2. The van der Waals surface area contributed by atoms with Crippen LogP contribution in [-0.2, 0) is 9.59 Å². The van der Waals surface area contributed by atoms with E-state index in [1.165, 1.54) is 29.2 Å². The SMILES string of the molecule is Cc1ccc(C)c(N2C(=O)C(=O)/C(=C(/O)c3ccc(F)cc3)C2c2cccnc2)c1. The number of benzene rings is 2. The van der Waals surface area contributed by atoms with Crippen molar-refractivity contribution in [3.8, 4) is 0 Å². The van der Waals surface area contributed by atoms with Crippen LogP contribution in [0.1, 0.15) is 28.3 Å². The number of nitrogens with zero attached hydrogens (tertiary/aromatic N) is 2. The quantitative estimate of drug-likeness (QED) is 0.399. The molecule has 0 aliphatic carbocycles. The molecule has 2 heterocycles. The molecule has 1 aliphatic heterocycles. The average molecular weight is 402 g/mol. The van der Waals surface area contributed by atoms with Gasteiger partial charge in [-0.2, -0.15) is 0 Å². The number of hydrogen-bond acceptors (Lipinski definition) is 4. The third-order valence-electron chi connectivity index (χ3n) is 5.19. The summed E-state index contributed by atoms with van der Waals surface area (Å²) in [5.74, 6) is -2.35. The first kappa shape index (κ1) is 19.5. The summed E-state index contributed by atoms with van der Waals surface area (Å²) in [6.45, 7) is 3.76. The van der Waals surface area contributed by atoms with Crippen LogP contribution in [0.3, 0.4) is 0 Å². The van der Waals surface area contributed by atoms with E-state index in [1.807, 2.05) is 32.0 Å². The number of carbonyl (C=O) groups is 2. The molecule has 1 saturated heterocycles. The monoisotopic (exact) mass is 402 g/mol. The van der Waals surface area contributed by atoms with Crippen LogP contribution < -0.4 is 4.90 Å². The first-order valence-corrected chi connectivity index (χ1v) is 9.42. The fraction of sp³-hybridized carbons (Fsp3) is 0.125. The third-order valence-corrected chi connectivity index (χ3v) is 5.19. The Balaban J connectivity index is 1.97. The number of Topliss-reactive ketones (excluding diaryl/α,β-unsaturated/α-hetero) is 1. The minimum absolute atomic E-state index is 0.0551. The molecule has 1 atom stereocenters. The van der Waals surface area contributed by atoms with Gasteiger partial charge in [-0.25, -0.2) is 4.39 Å². The maximum atomic E-state index is 13.3. The number of carbonyl (C=O) groups excluding carboxylic acids is 2. The summed E-state index contributed by atoms with van der Waals surface area (Å²) in [4.78, 5) is 31.7. The van der Waals surface area contributed by atoms with Gasteiger partial charge in [0.25, 0.3) is 11.7 Å². The highest BCUT2D eigenvalue weighted by Crippen LogP contribution is 2.43. The summed E-state index contributed by atoms with van der Waals surface area (Å²) < 4.78 is 13.3. The molecule has 1 aromatic heterocycles. The highest BCUT2D eigenvalue weighted by molar-refractivity contribution is 6.51. The first-order valence-electron chi connectivity index (χ1n) is 9.42. The first-order chi connectivity index (χ1) is 14.4. The molecule has 0 bridgehead atoms. The smallest absolute Gasteiger partial charge is 0.300 e. The van der Waals surface area contributed by atoms with Gasteiger partial charge in [0.1, 0.15) is 11.6 Å². The number of pyridine rings is 1. The van der Waals surface area contributed by atoms with Crippen molar-refractivity contribution in [2.24, 2.45) is 0 Å². The van der Waals surface area contributed by atoms with Crippen LogP contribution >= 0.6 is 0 Å². The van der Waals surface area contributed by atoms with Crippen molar-refractivity contribution in [2.75, 3.05) is 4.90 Å². The van der Waals surface area contributed by atoms with Crippen LogP contribution in [0.15, 0.2) is 72.6 Å². The summed E-state index contributed by atoms with van der Waals surface area (Å²) in [5, 5.41) is 11.0. The maximum absolute atomic E-state index is 13.3. The Kier molecular flexibility index (Phi) is 4.91. The van der Waals surface area contributed by atoms with E-state index in [-0.39, 0.29) is 16.9 Å². The number of aliphatic hydroxyl groups excluding tert-OH is 1. The van der Waals surface area contributed by atoms with E-state index in [1.54, 1.807) is 24.5 Å². The number of ketones is 1. The Morgan fingerprint density at radius 3 is 2.47 bits per heavy atom. The van der Waals surface area contributed by atoms with Gasteiger partial charge in [-0.1, -0.05) is 18.2 Å². The standard InChI is InChI=1S/C24H19FN2O3/c1-14-5-6-15(2)19(12-14)27-21(17-4-3-11-26-13-17)20(23(29)24(27)30)22(28)16-7-9-18(25)10-8-16/h3-13,21,28H,1-2H3/b22-20+. The van der Waals surface area contributed by atoms with Crippen molar-refractivity contribution < 1.29 is 19.1 Å². The Hall–Kier alpha value is -3.80. The molecule has 1 aliphatic rings. The van der Waals surface area contributed by atoms with Crippen LogP contribution in [0.25, 0.3) is 5.76 Å². The average Bonchev–Trinajstić information content (AvgIpc) is 3.01. The minimum Gasteiger partial charge on any atom is -0.507 e. The van der Waals surface area contributed by atoms with Crippen LogP contribution in [-0.4, -0.2) is 21.8 Å². The highest BCUT2D eigenvalue weighted by Gasteiger charge is 2.47. The molecule has 1 unspecified atom stereocenters. The molecule has 4 rings (SSSR count). The van der Waals surface area contributed by atoms with Gasteiger partial charge in [0.05, 0.1) is 11.6 Å². The van der Waals surface area contributed by atoms with Crippen molar-refractivity contribution in [3.05, 3.63) is 101 Å². The van der Waals surface area contributed by atoms with E-state index in [9.17, 15) is 19.1 Å². The van der Waals surface area contributed by atoms with E-state index >= 15 is 0 Å². The summed E-state index contributed by atoms with van der Waals surface area (Å²) in [6.07, 6.45) is 3.15. The summed E-state index contributed by atoms with van der Waals surface area (Å²) in [7, 11) is 0. The lowest BCUT2D eigenvalue weighted by atomic mass is 9.96. The summed E-state index contributed by atoms with van der Waals surface area (Å²) in [5.41, 5.74) is 3.12. The van der Waals surface area contributed by atoms with E-state index in [0.717, 1.165) is 11.1 Å². The number of halogens is 1. The Bertz CT molecular complexity index is 1170. The fourth-order valence-electron chi connectivity index (χ4n) is 3.68. The third kappa shape index (κ3) is 3.26. The predicted octanol–water partition coefficient (Wildman–Crippen LogP) is 4.46. The lowest BCUT2D eigenvalue weighted by Crippen LogP contribution is -2.30. The van der Waals surface area contributed by atoms with Crippen molar-refractivity contribution in [2.45, 2.75) is 19.9 Å². The lowest BCUT2D eigenvalue weighted by molar-refractivity contribution is -0.132. The summed E-state index contributed by atoms with van der Waals surface area (Å²) >= 11 is 0. The van der Waals surface area contributed by atoms with E-state index in [4.69, 9.17) is 0 Å². The van der Waals surface area contributed by atoms with Crippen LogP contribution in [0, 0.1) is 19.7 Å². The van der Waals surface area contributed by atoms with Crippen molar-refractivity contribution in [1.29, 1.82) is 0 Å². The number of anilines is 1. The molecular weight excluding hydrogens is 383 g/mol. The van der Waals surface area contributed by atoms with Gasteiger partial charge in [0.2, 0.25) is 0 Å². The van der Waals surface area contributed by atoms with E-state index in [0.29, 0.717) is 11.3 Å². The molecule has 6 heteroatoms. The zero-order valence-electron chi connectivity index (χ0n) is 16.5. The van der Waals surface area contributed by atoms with Crippen molar-refractivity contribution >= 4 is 23.1 Å². The van der Waals surface area contributed by atoms with Gasteiger partial charge >= 0.3 is 0 Å². The van der Waals surface area contributed by atoms with Gasteiger partial charge in [-0.3, -0.25) is 19.5 Å². The van der Waals surface area contributed by atoms with Crippen molar-refractivity contribution in [3.63, 3.8) is 0 Å². The number of hydrogen-bond donors (Lipinski definition) is 1. The lowest BCUT2D eigenvalue weighted by Gasteiger charge is -2.27. The predicted molar refractivity (Wildman–Crippen MR) is 111 cm³/mol. The maximum Gasteiger partial charge on any atom is 0.300 e. The van der Waals surface area contributed by atoms with Crippen LogP contribution in [0.5, 0.6) is 0 Å². The molecule has 5 nitrogen and oxygen atoms in total. The second kappa shape index (κ2) is 7.55. The number of rotatable bonds is 3. The molecule has 1 N–H and O–H groups in total. The zero-order chi connectivity index (χ0) is 21.4. The second-order valence-corrected chi connectivity index (χ2v) is 7.25. The molecule has 3 aromatic rings.